The van der Waals surface area contributed by atoms with Crippen LogP contribution in [0.15, 0.2) is 41.6 Å². The van der Waals surface area contributed by atoms with Crippen LogP contribution in [-0.2, 0) is 0 Å². The molecule has 13 heavy (non-hydrogen) atoms. The highest BCUT2D eigenvalue weighted by molar-refractivity contribution is 5.88. The quantitative estimate of drug-likeness (QED) is 0.603. The van der Waals surface area contributed by atoms with Crippen molar-refractivity contribution in [2.45, 2.75) is 6.92 Å². The monoisotopic (exact) mass is 171 g/mol. The standard InChI is InChI=1S/C11H9NO/c1-8-6-10(12-13)7-9-4-2-3-5-11(8)9/h2-7H,1H3. The van der Waals surface area contributed by atoms with Gasteiger partial charge in [-0.15, -0.1) is 4.91 Å². The van der Waals surface area contributed by atoms with Crippen LogP contribution in [0.25, 0.3) is 10.8 Å². The van der Waals surface area contributed by atoms with Crippen LogP contribution in [0, 0.1) is 11.8 Å². The van der Waals surface area contributed by atoms with Crippen molar-refractivity contribution in [2.75, 3.05) is 0 Å². The van der Waals surface area contributed by atoms with Crippen LogP contribution in [0.5, 0.6) is 0 Å². The van der Waals surface area contributed by atoms with Gasteiger partial charge in [0, 0.05) is 0 Å². The lowest BCUT2D eigenvalue weighted by atomic mass is 10.1. The molecule has 0 radical (unpaired) electrons. The fraction of sp³-hybridized carbons (Fsp3) is 0.0909. The van der Waals surface area contributed by atoms with E-state index < -0.39 is 0 Å². The molecule has 0 unspecified atom stereocenters. The fourth-order valence-electron chi connectivity index (χ4n) is 1.54. The molecular formula is C11H9NO. The molecule has 0 amide bonds. The second kappa shape index (κ2) is 2.98. The molecule has 0 aliphatic carbocycles. The first kappa shape index (κ1) is 7.92. The third-order valence-corrected chi connectivity index (χ3v) is 2.16. The largest absolute Gasteiger partial charge is 0.145 e. The highest BCUT2D eigenvalue weighted by atomic mass is 16.3. The van der Waals surface area contributed by atoms with Crippen molar-refractivity contribution in [3.63, 3.8) is 0 Å². The lowest BCUT2D eigenvalue weighted by Crippen LogP contribution is -1.77. The van der Waals surface area contributed by atoms with Crippen molar-refractivity contribution in [1.82, 2.24) is 0 Å². The number of nitroso groups, excluding NO2 is 1. The number of rotatable bonds is 1. The normalized spacial score (nSPS) is 10.2. The predicted octanol–water partition coefficient (Wildman–Crippen LogP) is 3.55. The smallest absolute Gasteiger partial charge is 0.108 e. The van der Waals surface area contributed by atoms with Gasteiger partial charge >= 0.3 is 0 Å². The summed E-state index contributed by atoms with van der Waals surface area (Å²) in [6, 6.07) is 11.6. The van der Waals surface area contributed by atoms with E-state index in [9.17, 15) is 4.91 Å². The van der Waals surface area contributed by atoms with E-state index in [2.05, 4.69) is 5.18 Å². The van der Waals surface area contributed by atoms with Gasteiger partial charge in [0.15, 0.2) is 0 Å². The molecule has 0 aliphatic rings. The summed E-state index contributed by atoms with van der Waals surface area (Å²) in [6.07, 6.45) is 0. The molecule has 2 rings (SSSR count). The summed E-state index contributed by atoms with van der Waals surface area (Å²) >= 11 is 0. The van der Waals surface area contributed by atoms with Gasteiger partial charge in [0.2, 0.25) is 0 Å². The van der Waals surface area contributed by atoms with Crippen LogP contribution in [0.3, 0.4) is 0 Å². The molecular weight excluding hydrogens is 162 g/mol. The minimum atomic E-state index is 0.496. The van der Waals surface area contributed by atoms with E-state index in [1.54, 1.807) is 12.1 Å². The van der Waals surface area contributed by atoms with E-state index in [0.29, 0.717) is 5.69 Å². The first-order valence-corrected chi connectivity index (χ1v) is 4.14. The van der Waals surface area contributed by atoms with Crippen molar-refractivity contribution in [1.29, 1.82) is 0 Å². The van der Waals surface area contributed by atoms with E-state index in [1.807, 2.05) is 31.2 Å². The van der Waals surface area contributed by atoms with Crippen LogP contribution in [0.1, 0.15) is 5.56 Å². The van der Waals surface area contributed by atoms with Crippen molar-refractivity contribution in [3.05, 3.63) is 46.9 Å². The Kier molecular flexibility index (Phi) is 1.81. The molecule has 0 aromatic heterocycles. The Morgan fingerprint density at radius 2 is 1.92 bits per heavy atom. The molecule has 0 saturated heterocycles. The highest BCUT2D eigenvalue weighted by Gasteiger charge is 1.99. The summed E-state index contributed by atoms with van der Waals surface area (Å²) in [6.45, 7) is 1.98. The number of hydrogen-bond donors (Lipinski definition) is 0. The summed E-state index contributed by atoms with van der Waals surface area (Å²) < 4.78 is 0. The molecule has 0 heterocycles. The minimum absolute atomic E-state index is 0.496. The Morgan fingerprint density at radius 1 is 1.15 bits per heavy atom. The Hall–Kier alpha value is -1.70. The van der Waals surface area contributed by atoms with Crippen molar-refractivity contribution < 1.29 is 0 Å². The molecule has 64 valence electrons. The number of hydrogen-bond acceptors (Lipinski definition) is 2. The minimum Gasteiger partial charge on any atom is -0.145 e. The summed E-state index contributed by atoms with van der Waals surface area (Å²) in [5.41, 5.74) is 1.59. The van der Waals surface area contributed by atoms with Gasteiger partial charge in [0.05, 0.1) is 0 Å². The van der Waals surface area contributed by atoms with Gasteiger partial charge in [0.25, 0.3) is 0 Å². The number of fused-ring (bicyclic) bond motifs is 1. The average molecular weight is 171 g/mol. The van der Waals surface area contributed by atoms with Crippen molar-refractivity contribution >= 4 is 16.5 Å². The average Bonchev–Trinajstić information content (AvgIpc) is 2.18. The van der Waals surface area contributed by atoms with Crippen LogP contribution in [0.2, 0.25) is 0 Å². The zero-order valence-electron chi connectivity index (χ0n) is 7.32. The summed E-state index contributed by atoms with van der Waals surface area (Å²) in [4.78, 5) is 10.4. The van der Waals surface area contributed by atoms with Crippen LogP contribution in [-0.4, -0.2) is 0 Å². The topological polar surface area (TPSA) is 29.4 Å². The van der Waals surface area contributed by atoms with Crippen LogP contribution < -0.4 is 0 Å². The summed E-state index contributed by atoms with van der Waals surface area (Å²) in [7, 11) is 0. The molecule has 2 heteroatoms. The van der Waals surface area contributed by atoms with Gasteiger partial charge in [-0.05, 0) is 40.6 Å². The molecule has 2 aromatic carbocycles. The van der Waals surface area contributed by atoms with Crippen LogP contribution in [0.4, 0.5) is 5.69 Å². The SMILES string of the molecule is Cc1cc(N=O)cc2ccccc12. The highest BCUT2D eigenvalue weighted by Crippen LogP contribution is 2.24. The Labute approximate surface area is 76.2 Å². The number of benzene rings is 2. The first-order valence-electron chi connectivity index (χ1n) is 4.14. The van der Waals surface area contributed by atoms with Crippen LogP contribution >= 0.6 is 0 Å². The van der Waals surface area contributed by atoms with E-state index in [1.165, 1.54) is 5.39 Å². The molecule has 0 spiro atoms. The molecule has 0 bridgehead atoms. The molecule has 0 fully saturated rings. The first-order chi connectivity index (χ1) is 6.31. The Morgan fingerprint density at radius 3 is 2.69 bits per heavy atom. The van der Waals surface area contributed by atoms with E-state index >= 15 is 0 Å². The molecule has 0 N–H and O–H groups in total. The maximum atomic E-state index is 10.4. The van der Waals surface area contributed by atoms with E-state index in [-0.39, 0.29) is 0 Å². The molecule has 0 atom stereocenters. The number of aryl methyl sites for hydroxylation is 1. The predicted molar refractivity (Wildman–Crippen MR) is 54.1 cm³/mol. The van der Waals surface area contributed by atoms with E-state index in [4.69, 9.17) is 0 Å². The zero-order valence-corrected chi connectivity index (χ0v) is 7.32. The van der Waals surface area contributed by atoms with Gasteiger partial charge < -0.3 is 0 Å². The fourth-order valence-corrected chi connectivity index (χ4v) is 1.54. The lowest BCUT2D eigenvalue weighted by Gasteiger charge is -2.01. The molecule has 2 nitrogen and oxygen atoms in total. The van der Waals surface area contributed by atoms with Gasteiger partial charge in [-0.25, -0.2) is 0 Å². The third kappa shape index (κ3) is 1.31. The number of nitrogens with zero attached hydrogens (tertiary/aromatic N) is 1. The second-order valence-corrected chi connectivity index (χ2v) is 3.08. The van der Waals surface area contributed by atoms with Gasteiger partial charge in [-0.1, -0.05) is 24.3 Å². The summed E-state index contributed by atoms with van der Waals surface area (Å²) in [5.74, 6) is 0. The molecule has 0 aliphatic heterocycles. The van der Waals surface area contributed by atoms with Gasteiger partial charge in [0.1, 0.15) is 5.69 Å². The van der Waals surface area contributed by atoms with E-state index in [0.717, 1.165) is 10.9 Å². The maximum absolute atomic E-state index is 10.4. The molecule has 0 saturated carbocycles. The van der Waals surface area contributed by atoms with Gasteiger partial charge in [-0.3, -0.25) is 0 Å². The second-order valence-electron chi connectivity index (χ2n) is 3.08. The summed E-state index contributed by atoms with van der Waals surface area (Å²) in [5, 5.41) is 5.17. The lowest BCUT2D eigenvalue weighted by molar-refractivity contribution is 1.46. The maximum Gasteiger partial charge on any atom is 0.108 e. The van der Waals surface area contributed by atoms with Gasteiger partial charge in [-0.2, -0.15) is 0 Å². The van der Waals surface area contributed by atoms with Crippen molar-refractivity contribution in [2.24, 2.45) is 5.18 Å². The van der Waals surface area contributed by atoms with Crippen molar-refractivity contribution in [3.8, 4) is 0 Å². The Balaban J connectivity index is 2.84. The zero-order chi connectivity index (χ0) is 9.26. The third-order valence-electron chi connectivity index (χ3n) is 2.16. The Bertz CT molecular complexity index is 463. The molecule has 2 aromatic rings.